The molecule has 0 saturated carbocycles. The molecule has 0 bridgehead atoms. The Balaban J connectivity index is 3.54. The molecular formula is C7H15N3O4. The molecule has 7 nitrogen and oxygen atoms in total. The quantitative estimate of drug-likeness (QED) is 0.413. The van der Waals surface area contributed by atoms with Crippen LogP contribution in [0.5, 0.6) is 0 Å². The zero-order chi connectivity index (χ0) is 11.1. The third kappa shape index (κ3) is 6.21. The summed E-state index contributed by atoms with van der Waals surface area (Å²) in [4.78, 5) is 21.1. The van der Waals surface area contributed by atoms with Gasteiger partial charge in [-0.15, -0.1) is 0 Å². The smallest absolute Gasteiger partial charge is 0.332 e. The van der Waals surface area contributed by atoms with E-state index in [0.717, 1.165) is 0 Å². The number of rotatable bonds is 5. The molecule has 0 aliphatic heterocycles. The summed E-state index contributed by atoms with van der Waals surface area (Å²) in [5.74, 6) is -1.29. The number of carboxylic acid groups (broad SMARTS) is 1. The normalized spacial score (nSPS) is 12.3. The van der Waals surface area contributed by atoms with Gasteiger partial charge in [0.2, 0.25) is 0 Å². The van der Waals surface area contributed by atoms with Gasteiger partial charge in [-0.05, 0) is 0 Å². The van der Waals surface area contributed by atoms with Crippen LogP contribution in [0, 0.1) is 0 Å². The fraction of sp³-hybridized carbons (Fsp3) is 0.714. The van der Waals surface area contributed by atoms with Crippen LogP contribution >= 0.6 is 0 Å². The molecule has 0 radical (unpaired) electrons. The molecule has 0 aliphatic carbocycles. The molecular weight excluding hydrogens is 190 g/mol. The van der Waals surface area contributed by atoms with Crippen molar-refractivity contribution in [1.29, 1.82) is 0 Å². The Labute approximate surface area is 81.7 Å². The van der Waals surface area contributed by atoms with Gasteiger partial charge in [0.1, 0.15) is 0 Å². The van der Waals surface area contributed by atoms with E-state index in [1.165, 1.54) is 5.01 Å². The molecule has 0 fully saturated rings. The molecule has 0 heterocycles. The number of carbonyl (C=O) groups excluding carboxylic acids is 1. The summed E-state index contributed by atoms with van der Waals surface area (Å²) in [6.07, 6.45) is -1.45. The molecule has 1 unspecified atom stereocenters. The van der Waals surface area contributed by atoms with Crippen LogP contribution < -0.4 is 10.7 Å². The number of aliphatic hydroxyl groups is 1. The van der Waals surface area contributed by atoms with Crippen molar-refractivity contribution in [2.45, 2.75) is 12.5 Å². The molecule has 0 spiro atoms. The second-order valence-electron chi connectivity index (χ2n) is 2.90. The van der Waals surface area contributed by atoms with Crippen LogP contribution in [0.2, 0.25) is 0 Å². The highest BCUT2D eigenvalue weighted by molar-refractivity contribution is 5.74. The summed E-state index contributed by atoms with van der Waals surface area (Å²) in [5, 5.41) is 21.0. The Morgan fingerprint density at radius 3 is 2.43 bits per heavy atom. The summed E-state index contributed by atoms with van der Waals surface area (Å²) in [7, 11) is 3.29. The average molecular weight is 205 g/mol. The van der Waals surface area contributed by atoms with E-state index in [1.54, 1.807) is 14.1 Å². The molecule has 82 valence electrons. The molecule has 7 heteroatoms. The van der Waals surface area contributed by atoms with Crippen molar-refractivity contribution >= 4 is 12.0 Å². The Morgan fingerprint density at radius 1 is 1.43 bits per heavy atom. The minimum absolute atomic E-state index is 0.0177. The lowest BCUT2D eigenvalue weighted by Gasteiger charge is -2.13. The van der Waals surface area contributed by atoms with E-state index in [9.17, 15) is 9.59 Å². The highest BCUT2D eigenvalue weighted by Gasteiger charge is 2.12. The first-order chi connectivity index (χ1) is 6.43. The molecule has 0 saturated heterocycles. The van der Waals surface area contributed by atoms with Crippen LogP contribution in [-0.2, 0) is 4.79 Å². The number of hydrogen-bond donors (Lipinski definition) is 4. The second kappa shape index (κ2) is 6.17. The molecule has 1 atom stereocenters. The maximum absolute atomic E-state index is 10.9. The lowest BCUT2D eigenvalue weighted by Crippen LogP contribution is -2.44. The van der Waals surface area contributed by atoms with Gasteiger partial charge < -0.3 is 15.5 Å². The third-order valence-corrected chi connectivity index (χ3v) is 1.31. The van der Waals surface area contributed by atoms with Gasteiger partial charge in [0.25, 0.3) is 0 Å². The number of amides is 2. The van der Waals surface area contributed by atoms with Crippen molar-refractivity contribution in [3.63, 3.8) is 0 Å². The molecule has 4 N–H and O–H groups in total. The van der Waals surface area contributed by atoms with Crippen molar-refractivity contribution in [2.24, 2.45) is 0 Å². The topological polar surface area (TPSA) is 102 Å². The van der Waals surface area contributed by atoms with Gasteiger partial charge in [0.15, 0.2) is 6.10 Å². The van der Waals surface area contributed by atoms with E-state index >= 15 is 0 Å². The summed E-state index contributed by atoms with van der Waals surface area (Å²) < 4.78 is 0. The van der Waals surface area contributed by atoms with E-state index in [4.69, 9.17) is 10.2 Å². The second-order valence-corrected chi connectivity index (χ2v) is 2.90. The van der Waals surface area contributed by atoms with Crippen LogP contribution in [0.3, 0.4) is 0 Å². The zero-order valence-electron chi connectivity index (χ0n) is 8.15. The summed E-state index contributed by atoms with van der Waals surface area (Å²) in [5.41, 5.74) is 2.40. The fourth-order valence-corrected chi connectivity index (χ4v) is 0.689. The van der Waals surface area contributed by atoms with Crippen molar-refractivity contribution in [3.8, 4) is 0 Å². The highest BCUT2D eigenvalue weighted by atomic mass is 16.4. The number of urea groups is 1. The first-order valence-corrected chi connectivity index (χ1v) is 4.06. The van der Waals surface area contributed by atoms with E-state index in [-0.39, 0.29) is 13.0 Å². The number of aliphatic hydroxyl groups excluding tert-OH is 1. The van der Waals surface area contributed by atoms with Crippen molar-refractivity contribution in [1.82, 2.24) is 15.8 Å². The lowest BCUT2D eigenvalue weighted by atomic mass is 10.2. The largest absolute Gasteiger partial charge is 0.479 e. The number of nitrogens with zero attached hydrogens (tertiary/aromatic N) is 1. The molecule has 0 aromatic heterocycles. The summed E-state index contributed by atoms with van der Waals surface area (Å²) >= 11 is 0. The molecule has 0 rings (SSSR count). The number of carbonyl (C=O) groups is 2. The van der Waals surface area contributed by atoms with E-state index in [1.807, 2.05) is 0 Å². The first kappa shape index (κ1) is 12.7. The van der Waals surface area contributed by atoms with Gasteiger partial charge in [-0.2, -0.15) is 0 Å². The molecule has 0 aliphatic rings. The molecule has 2 amide bonds. The predicted molar refractivity (Wildman–Crippen MR) is 48.5 cm³/mol. The number of hydrazine groups is 1. The third-order valence-electron chi connectivity index (χ3n) is 1.31. The first-order valence-electron chi connectivity index (χ1n) is 4.06. The van der Waals surface area contributed by atoms with E-state index in [2.05, 4.69) is 10.7 Å². The van der Waals surface area contributed by atoms with Gasteiger partial charge in [-0.3, -0.25) is 5.43 Å². The van der Waals surface area contributed by atoms with Crippen LogP contribution in [0.25, 0.3) is 0 Å². The Hall–Kier alpha value is -1.34. The number of aliphatic carboxylic acids is 1. The maximum Gasteiger partial charge on any atom is 0.332 e. The number of nitrogens with one attached hydrogen (secondary N) is 2. The van der Waals surface area contributed by atoms with Gasteiger partial charge in [-0.1, -0.05) is 0 Å². The number of carboxylic acids is 1. The molecule has 14 heavy (non-hydrogen) atoms. The highest BCUT2D eigenvalue weighted by Crippen LogP contribution is 1.88. The zero-order valence-corrected chi connectivity index (χ0v) is 8.15. The SMILES string of the molecule is CN(C)NC(=O)NCCC(O)C(=O)O. The van der Waals surface area contributed by atoms with Crippen LogP contribution in [0.1, 0.15) is 6.42 Å². The molecule has 0 aromatic carbocycles. The average Bonchev–Trinajstić information content (AvgIpc) is 2.02. The Morgan fingerprint density at radius 2 is 2.00 bits per heavy atom. The predicted octanol–water partition coefficient (Wildman–Crippen LogP) is -1.40. The number of hydrogen-bond acceptors (Lipinski definition) is 4. The van der Waals surface area contributed by atoms with Crippen molar-refractivity contribution < 1.29 is 19.8 Å². The lowest BCUT2D eigenvalue weighted by molar-refractivity contribution is -0.146. The fourth-order valence-electron chi connectivity index (χ4n) is 0.689. The maximum atomic E-state index is 10.9. The monoisotopic (exact) mass is 205 g/mol. The van der Waals surface area contributed by atoms with E-state index < -0.39 is 18.1 Å². The van der Waals surface area contributed by atoms with Crippen LogP contribution in [-0.4, -0.2) is 54.0 Å². The van der Waals surface area contributed by atoms with Gasteiger partial charge in [0.05, 0.1) is 0 Å². The summed E-state index contributed by atoms with van der Waals surface area (Å²) in [6, 6.07) is -0.437. The van der Waals surface area contributed by atoms with Crippen LogP contribution in [0.15, 0.2) is 0 Å². The Kier molecular flexibility index (Phi) is 5.58. The Bertz CT molecular complexity index is 207. The van der Waals surface area contributed by atoms with E-state index in [0.29, 0.717) is 0 Å². The summed E-state index contributed by atoms with van der Waals surface area (Å²) in [6.45, 7) is 0.104. The minimum Gasteiger partial charge on any atom is -0.479 e. The van der Waals surface area contributed by atoms with Gasteiger partial charge >= 0.3 is 12.0 Å². The van der Waals surface area contributed by atoms with Crippen molar-refractivity contribution in [3.05, 3.63) is 0 Å². The van der Waals surface area contributed by atoms with Crippen molar-refractivity contribution in [2.75, 3.05) is 20.6 Å². The van der Waals surface area contributed by atoms with Gasteiger partial charge in [0, 0.05) is 27.1 Å². The molecule has 0 aromatic rings. The minimum atomic E-state index is -1.44. The standard InChI is InChI=1S/C7H15N3O4/c1-10(2)9-7(14)8-4-3-5(11)6(12)13/h5,11H,3-4H2,1-2H3,(H,12,13)(H2,8,9,14). The van der Waals surface area contributed by atoms with Gasteiger partial charge in [-0.25, -0.2) is 14.6 Å². The van der Waals surface area contributed by atoms with Crippen LogP contribution in [0.4, 0.5) is 4.79 Å².